The third kappa shape index (κ3) is 5.33. The van der Waals surface area contributed by atoms with E-state index < -0.39 is 10.0 Å². The Labute approximate surface area is 141 Å². The Morgan fingerprint density at radius 2 is 1.96 bits per heavy atom. The highest BCUT2D eigenvalue weighted by Gasteiger charge is 2.27. The Balaban J connectivity index is 1.88. The maximum absolute atomic E-state index is 11.6. The van der Waals surface area contributed by atoms with E-state index in [-0.39, 0.29) is 0 Å². The molecule has 0 amide bonds. The SMILES string of the molecule is CC(C)CCn1cccc1CN(C)C1CCN(S(C)(=O)=O)CC1. The van der Waals surface area contributed by atoms with Crippen molar-refractivity contribution in [2.24, 2.45) is 5.92 Å². The second kappa shape index (κ2) is 7.81. The lowest BCUT2D eigenvalue weighted by Crippen LogP contribution is -2.45. The van der Waals surface area contributed by atoms with Crippen molar-refractivity contribution in [2.45, 2.75) is 52.2 Å². The minimum Gasteiger partial charge on any atom is -0.350 e. The first-order valence-electron chi connectivity index (χ1n) is 8.56. The lowest BCUT2D eigenvalue weighted by Gasteiger charge is -2.35. The van der Waals surface area contributed by atoms with Gasteiger partial charge in [-0.05, 0) is 44.4 Å². The highest BCUT2D eigenvalue weighted by molar-refractivity contribution is 7.88. The van der Waals surface area contributed by atoms with Crippen LogP contribution >= 0.6 is 0 Å². The molecule has 0 atom stereocenters. The van der Waals surface area contributed by atoms with Crippen LogP contribution in [0.3, 0.4) is 0 Å². The average Bonchev–Trinajstić information content (AvgIpc) is 2.91. The fourth-order valence-corrected chi connectivity index (χ4v) is 4.08. The maximum Gasteiger partial charge on any atom is 0.211 e. The van der Waals surface area contributed by atoms with Gasteiger partial charge in [0.05, 0.1) is 6.26 Å². The molecule has 132 valence electrons. The molecule has 2 heterocycles. The molecule has 23 heavy (non-hydrogen) atoms. The fraction of sp³-hybridized carbons (Fsp3) is 0.765. The van der Waals surface area contributed by atoms with Gasteiger partial charge in [0, 0.05) is 44.1 Å². The van der Waals surface area contributed by atoms with Gasteiger partial charge in [-0.2, -0.15) is 0 Å². The summed E-state index contributed by atoms with van der Waals surface area (Å²) >= 11 is 0. The molecule has 1 aromatic heterocycles. The van der Waals surface area contributed by atoms with Crippen LogP contribution < -0.4 is 0 Å². The largest absolute Gasteiger partial charge is 0.350 e. The molecule has 0 bridgehead atoms. The number of aromatic nitrogens is 1. The van der Waals surface area contributed by atoms with Crippen LogP contribution in [0, 0.1) is 5.92 Å². The normalized spacial score (nSPS) is 18.2. The summed E-state index contributed by atoms with van der Waals surface area (Å²) in [6.45, 7) is 7.79. The number of piperidine rings is 1. The number of rotatable bonds is 7. The van der Waals surface area contributed by atoms with E-state index in [0.717, 1.165) is 25.9 Å². The molecule has 1 fully saturated rings. The summed E-state index contributed by atoms with van der Waals surface area (Å²) in [6, 6.07) is 4.78. The summed E-state index contributed by atoms with van der Waals surface area (Å²) in [7, 11) is -0.883. The molecule has 1 aliphatic rings. The summed E-state index contributed by atoms with van der Waals surface area (Å²) in [6.07, 6.45) is 6.49. The van der Waals surface area contributed by atoms with Gasteiger partial charge in [-0.3, -0.25) is 4.90 Å². The quantitative estimate of drug-likeness (QED) is 0.765. The smallest absolute Gasteiger partial charge is 0.211 e. The first-order chi connectivity index (χ1) is 10.8. The zero-order valence-corrected chi connectivity index (χ0v) is 15.7. The first kappa shape index (κ1) is 18.5. The number of hydrogen-bond donors (Lipinski definition) is 0. The van der Waals surface area contributed by atoms with Crippen LogP contribution in [0.1, 0.15) is 38.8 Å². The summed E-state index contributed by atoms with van der Waals surface area (Å²) in [4.78, 5) is 2.38. The molecular formula is C17H31N3O2S. The van der Waals surface area contributed by atoms with Gasteiger partial charge in [-0.15, -0.1) is 0 Å². The van der Waals surface area contributed by atoms with Gasteiger partial charge >= 0.3 is 0 Å². The van der Waals surface area contributed by atoms with Crippen molar-refractivity contribution in [3.63, 3.8) is 0 Å². The van der Waals surface area contributed by atoms with Gasteiger partial charge in [0.15, 0.2) is 0 Å². The minimum absolute atomic E-state index is 0.460. The van der Waals surface area contributed by atoms with Crippen molar-refractivity contribution in [1.29, 1.82) is 0 Å². The Morgan fingerprint density at radius 1 is 1.30 bits per heavy atom. The van der Waals surface area contributed by atoms with E-state index in [0.29, 0.717) is 25.0 Å². The topological polar surface area (TPSA) is 45.5 Å². The number of hydrogen-bond acceptors (Lipinski definition) is 3. The van der Waals surface area contributed by atoms with E-state index in [1.54, 1.807) is 4.31 Å². The van der Waals surface area contributed by atoms with E-state index in [9.17, 15) is 8.42 Å². The van der Waals surface area contributed by atoms with E-state index in [1.165, 1.54) is 18.4 Å². The van der Waals surface area contributed by atoms with Crippen LogP contribution in [-0.4, -0.2) is 54.6 Å². The molecule has 0 saturated carbocycles. The molecule has 6 heteroatoms. The minimum atomic E-state index is -3.04. The van der Waals surface area contributed by atoms with Gasteiger partial charge in [0.25, 0.3) is 0 Å². The van der Waals surface area contributed by atoms with Crippen LogP contribution in [0.2, 0.25) is 0 Å². The molecule has 0 radical (unpaired) electrons. The fourth-order valence-electron chi connectivity index (χ4n) is 3.21. The maximum atomic E-state index is 11.6. The monoisotopic (exact) mass is 341 g/mol. The molecule has 1 aliphatic heterocycles. The van der Waals surface area contributed by atoms with Crippen LogP contribution in [0.15, 0.2) is 18.3 Å². The van der Waals surface area contributed by atoms with Crippen LogP contribution in [-0.2, 0) is 23.1 Å². The zero-order chi connectivity index (χ0) is 17.0. The summed E-state index contributed by atoms with van der Waals surface area (Å²) < 4.78 is 27.1. The van der Waals surface area contributed by atoms with Gasteiger partial charge in [0.2, 0.25) is 10.0 Å². The Kier molecular flexibility index (Phi) is 6.28. The van der Waals surface area contributed by atoms with Crippen LogP contribution in [0.25, 0.3) is 0 Å². The van der Waals surface area contributed by atoms with Crippen LogP contribution in [0.4, 0.5) is 0 Å². The number of sulfonamides is 1. The van der Waals surface area contributed by atoms with Crippen molar-refractivity contribution in [1.82, 2.24) is 13.8 Å². The lowest BCUT2D eigenvalue weighted by molar-refractivity contribution is 0.159. The highest BCUT2D eigenvalue weighted by Crippen LogP contribution is 2.19. The number of aryl methyl sites for hydroxylation is 1. The Hall–Kier alpha value is -0.850. The molecule has 0 unspecified atom stereocenters. The molecular weight excluding hydrogens is 310 g/mol. The molecule has 1 aromatic rings. The van der Waals surface area contributed by atoms with Crippen LogP contribution in [0.5, 0.6) is 0 Å². The van der Waals surface area contributed by atoms with Crippen molar-refractivity contribution >= 4 is 10.0 Å². The predicted molar refractivity (Wildman–Crippen MR) is 94.8 cm³/mol. The van der Waals surface area contributed by atoms with Crippen molar-refractivity contribution in [2.75, 3.05) is 26.4 Å². The van der Waals surface area contributed by atoms with E-state index >= 15 is 0 Å². The van der Waals surface area contributed by atoms with Gasteiger partial charge < -0.3 is 4.57 Å². The van der Waals surface area contributed by atoms with E-state index in [2.05, 4.69) is 48.7 Å². The van der Waals surface area contributed by atoms with Gasteiger partial charge in [0.1, 0.15) is 0 Å². The lowest BCUT2D eigenvalue weighted by atomic mass is 10.1. The summed E-state index contributed by atoms with van der Waals surface area (Å²) in [5.74, 6) is 0.711. The average molecular weight is 342 g/mol. The summed E-state index contributed by atoms with van der Waals surface area (Å²) in [5.41, 5.74) is 1.35. The van der Waals surface area contributed by atoms with E-state index in [1.807, 2.05) is 0 Å². The molecule has 5 nitrogen and oxygen atoms in total. The second-order valence-corrected chi connectivity index (χ2v) is 9.17. The second-order valence-electron chi connectivity index (χ2n) is 7.18. The Bertz CT molecular complexity index is 587. The number of nitrogens with zero attached hydrogens (tertiary/aromatic N) is 3. The Morgan fingerprint density at radius 3 is 2.52 bits per heavy atom. The molecule has 0 spiro atoms. The molecule has 0 aliphatic carbocycles. The zero-order valence-electron chi connectivity index (χ0n) is 14.9. The third-order valence-electron chi connectivity index (χ3n) is 4.80. The van der Waals surface area contributed by atoms with Gasteiger partial charge in [-0.25, -0.2) is 12.7 Å². The molecule has 1 saturated heterocycles. The molecule has 0 N–H and O–H groups in total. The van der Waals surface area contributed by atoms with Gasteiger partial charge in [-0.1, -0.05) is 13.8 Å². The third-order valence-corrected chi connectivity index (χ3v) is 6.10. The van der Waals surface area contributed by atoms with E-state index in [4.69, 9.17) is 0 Å². The first-order valence-corrected chi connectivity index (χ1v) is 10.4. The molecule has 0 aromatic carbocycles. The molecule has 2 rings (SSSR count). The predicted octanol–water partition coefficient (Wildman–Crippen LogP) is 2.39. The summed E-state index contributed by atoms with van der Waals surface area (Å²) in [5, 5.41) is 0. The van der Waals surface area contributed by atoms with Crippen molar-refractivity contribution in [3.8, 4) is 0 Å². The highest BCUT2D eigenvalue weighted by atomic mass is 32.2. The standard InChI is InChI=1S/C17H31N3O2S/c1-15(2)7-11-19-10-5-6-17(19)14-18(3)16-8-12-20(13-9-16)23(4,21)22/h5-6,10,15-16H,7-9,11-14H2,1-4H3. The van der Waals surface area contributed by atoms with Crippen molar-refractivity contribution < 1.29 is 8.42 Å². The van der Waals surface area contributed by atoms with Crippen molar-refractivity contribution in [3.05, 3.63) is 24.0 Å².